The Morgan fingerprint density at radius 2 is 2.43 bits per heavy atom. The van der Waals surface area contributed by atoms with Gasteiger partial charge in [0.05, 0.1) is 0 Å². The molecular formula is C3H9N2O2-. The van der Waals surface area contributed by atoms with Crippen LogP contribution in [0.1, 0.15) is 6.92 Å². The highest BCUT2D eigenvalue weighted by molar-refractivity contribution is 4.21. The van der Waals surface area contributed by atoms with E-state index >= 15 is 0 Å². The molecule has 0 heterocycles. The van der Waals surface area contributed by atoms with E-state index in [1.165, 1.54) is 7.05 Å². The number of nitrogens with one attached hydrogen (secondary N) is 1. The third-order valence-electron chi connectivity index (χ3n) is 0.337. The number of rotatable bonds is 3. The van der Waals surface area contributed by atoms with Crippen molar-refractivity contribution >= 4 is 0 Å². The Kier molecular flexibility index (Phi) is 3.92. The summed E-state index contributed by atoms with van der Waals surface area (Å²) < 4.78 is 0. The standard InChI is InChI=1S/C3H9N2O2/c1-3-4-7-5(2)6/h4H,3H2,1-2H3/q-1. The molecule has 0 aliphatic rings. The van der Waals surface area contributed by atoms with Gasteiger partial charge in [-0.3, -0.25) is 0 Å². The van der Waals surface area contributed by atoms with Gasteiger partial charge >= 0.3 is 0 Å². The highest BCUT2D eigenvalue weighted by atomic mass is 17.0. The Bertz CT molecular complexity index is 39.9. The summed E-state index contributed by atoms with van der Waals surface area (Å²) >= 11 is 0. The van der Waals surface area contributed by atoms with Crippen LogP contribution in [-0.4, -0.2) is 18.8 Å². The van der Waals surface area contributed by atoms with Crippen molar-refractivity contribution in [3.05, 3.63) is 5.21 Å². The minimum atomic E-state index is 0.351. The van der Waals surface area contributed by atoms with Gasteiger partial charge in [-0.1, -0.05) is 6.92 Å². The maximum absolute atomic E-state index is 9.83. The van der Waals surface area contributed by atoms with E-state index in [0.29, 0.717) is 11.8 Å². The summed E-state index contributed by atoms with van der Waals surface area (Å²) in [7, 11) is 1.27. The van der Waals surface area contributed by atoms with Crippen molar-refractivity contribution < 1.29 is 4.94 Å². The number of hydrogen-bond donors (Lipinski definition) is 1. The van der Waals surface area contributed by atoms with Gasteiger partial charge in [0, 0.05) is 13.6 Å². The molecular weight excluding hydrogens is 96.0 g/mol. The van der Waals surface area contributed by atoms with Crippen LogP contribution in [0.15, 0.2) is 0 Å². The van der Waals surface area contributed by atoms with Gasteiger partial charge in [-0.2, -0.15) is 5.48 Å². The van der Waals surface area contributed by atoms with E-state index in [1.807, 2.05) is 6.92 Å². The molecule has 0 saturated heterocycles. The zero-order chi connectivity index (χ0) is 5.70. The Morgan fingerprint density at radius 3 is 2.57 bits per heavy atom. The van der Waals surface area contributed by atoms with Crippen molar-refractivity contribution in [3.8, 4) is 0 Å². The predicted molar refractivity (Wildman–Crippen MR) is 25.9 cm³/mol. The van der Waals surface area contributed by atoms with Crippen molar-refractivity contribution in [2.75, 3.05) is 13.6 Å². The minimum absolute atomic E-state index is 0.351. The lowest BCUT2D eigenvalue weighted by Crippen LogP contribution is -2.22. The molecule has 4 heteroatoms. The lowest BCUT2D eigenvalue weighted by atomic mass is 10.8. The van der Waals surface area contributed by atoms with Crippen LogP contribution in [0.3, 0.4) is 0 Å². The van der Waals surface area contributed by atoms with E-state index in [4.69, 9.17) is 0 Å². The minimum Gasteiger partial charge on any atom is -0.761 e. The van der Waals surface area contributed by atoms with Gasteiger partial charge in [-0.05, 0) is 0 Å². The largest absolute Gasteiger partial charge is 0.761 e. The maximum Gasteiger partial charge on any atom is 0.0200 e. The lowest BCUT2D eigenvalue weighted by molar-refractivity contribution is -0.159. The van der Waals surface area contributed by atoms with Gasteiger partial charge in [0.1, 0.15) is 0 Å². The summed E-state index contributed by atoms with van der Waals surface area (Å²) in [6.45, 7) is 2.47. The fourth-order valence-electron chi connectivity index (χ4n) is 0.155. The van der Waals surface area contributed by atoms with E-state index in [0.717, 1.165) is 0 Å². The molecule has 0 unspecified atom stereocenters. The van der Waals surface area contributed by atoms with Crippen molar-refractivity contribution in [2.45, 2.75) is 6.92 Å². The molecule has 0 aliphatic heterocycles. The molecule has 0 rings (SSSR count). The third kappa shape index (κ3) is 5.84. The third-order valence-corrected chi connectivity index (χ3v) is 0.337. The van der Waals surface area contributed by atoms with Crippen molar-refractivity contribution in [3.63, 3.8) is 0 Å². The van der Waals surface area contributed by atoms with Crippen LogP contribution in [-0.2, 0) is 4.94 Å². The average molecular weight is 105 g/mol. The molecule has 0 aliphatic carbocycles. The van der Waals surface area contributed by atoms with Crippen LogP contribution in [0.4, 0.5) is 0 Å². The van der Waals surface area contributed by atoms with Gasteiger partial charge in [0.25, 0.3) is 0 Å². The fourth-order valence-corrected chi connectivity index (χ4v) is 0.155. The maximum atomic E-state index is 9.83. The van der Waals surface area contributed by atoms with Crippen LogP contribution >= 0.6 is 0 Å². The zero-order valence-corrected chi connectivity index (χ0v) is 4.47. The van der Waals surface area contributed by atoms with Gasteiger partial charge in [-0.25, -0.2) is 10.2 Å². The number of hydrogen-bond acceptors (Lipinski definition) is 4. The average Bonchev–Trinajstić information content (AvgIpc) is 1.61. The van der Waals surface area contributed by atoms with E-state index in [1.54, 1.807) is 0 Å². The van der Waals surface area contributed by atoms with Crippen LogP contribution < -0.4 is 5.48 Å². The summed E-state index contributed by atoms with van der Waals surface area (Å²) in [6.07, 6.45) is 0. The lowest BCUT2D eigenvalue weighted by Gasteiger charge is -2.19. The first-order valence-electron chi connectivity index (χ1n) is 2.08. The fraction of sp³-hybridized carbons (Fsp3) is 1.00. The molecule has 7 heavy (non-hydrogen) atoms. The first-order chi connectivity index (χ1) is 3.27. The van der Waals surface area contributed by atoms with Crippen LogP contribution in [0.2, 0.25) is 0 Å². The molecule has 0 amide bonds. The van der Waals surface area contributed by atoms with Crippen molar-refractivity contribution in [2.24, 2.45) is 0 Å². The van der Waals surface area contributed by atoms with Crippen molar-refractivity contribution in [1.29, 1.82) is 0 Å². The summed E-state index contributed by atoms with van der Waals surface area (Å²) in [4.78, 5) is 4.22. The Labute approximate surface area is 42.5 Å². The van der Waals surface area contributed by atoms with Crippen LogP contribution in [0.25, 0.3) is 0 Å². The second-order valence-corrected chi connectivity index (χ2v) is 1.03. The van der Waals surface area contributed by atoms with E-state index in [-0.39, 0.29) is 0 Å². The topological polar surface area (TPSA) is 47.6 Å². The Balaban J connectivity index is 2.68. The molecule has 0 saturated carbocycles. The van der Waals surface area contributed by atoms with Crippen molar-refractivity contribution in [1.82, 2.24) is 10.7 Å². The summed E-state index contributed by atoms with van der Waals surface area (Å²) in [6, 6.07) is 0. The molecule has 0 atom stereocenters. The molecule has 0 radical (unpaired) electrons. The smallest absolute Gasteiger partial charge is 0.0200 e. The van der Waals surface area contributed by atoms with Gasteiger partial charge in [0.15, 0.2) is 0 Å². The van der Waals surface area contributed by atoms with Gasteiger partial charge in [-0.15, -0.1) is 0 Å². The molecule has 0 aromatic rings. The normalized spacial score (nSPS) is 10.3. The van der Waals surface area contributed by atoms with Crippen LogP contribution in [0, 0.1) is 5.21 Å². The Hall–Kier alpha value is -0.160. The summed E-state index contributed by atoms with van der Waals surface area (Å²) in [5.74, 6) is 0. The zero-order valence-electron chi connectivity index (χ0n) is 4.47. The molecule has 0 bridgehead atoms. The van der Waals surface area contributed by atoms with E-state index in [9.17, 15) is 5.21 Å². The monoisotopic (exact) mass is 105 g/mol. The molecule has 1 N–H and O–H groups in total. The summed E-state index contributed by atoms with van der Waals surface area (Å²) in [5, 5.41) is 10.2. The van der Waals surface area contributed by atoms with Gasteiger partial charge < -0.3 is 5.21 Å². The molecule has 0 aromatic carbocycles. The Morgan fingerprint density at radius 1 is 1.86 bits per heavy atom. The molecule has 4 nitrogen and oxygen atoms in total. The molecule has 0 aromatic heterocycles. The number of hydroxylamine groups is 3. The molecule has 0 fully saturated rings. The molecule has 0 spiro atoms. The molecule has 44 valence electrons. The highest BCUT2D eigenvalue weighted by Crippen LogP contribution is 1.70. The van der Waals surface area contributed by atoms with Gasteiger partial charge in [0.2, 0.25) is 0 Å². The quantitative estimate of drug-likeness (QED) is 0.508. The SMILES string of the molecule is CCNON(C)[O-]. The second-order valence-electron chi connectivity index (χ2n) is 1.03. The summed E-state index contributed by atoms with van der Waals surface area (Å²) in [5.41, 5.74) is 2.36. The van der Waals surface area contributed by atoms with E-state index in [2.05, 4.69) is 10.4 Å². The first-order valence-corrected chi connectivity index (χ1v) is 2.08. The first kappa shape index (κ1) is 6.84. The number of nitrogens with zero attached hydrogens (tertiary/aromatic N) is 1. The van der Waals surface area contributed by atoms with E-state index < -0.39 is 0 Å². The second kappa shape index (κ2) is 4.01. The predicted octanol–water partition coefficient (Wildman–Crippen LogP) is -0.128. The van der Waals surface area contributed by atoms with Crippen LogP contribution in [0.5, 0.6) is 0 Å². The highest BCUT2D eigenvalue weighted by Gasteiger charge is 1.74.